The summed E-state index contributed by atoms with van der Waals surface area (Å²) < 4.78 is 4.88. The summed E-state index contributed by atoms with van der Waals surface area (Å²) in [5, 5.41) is 0.899. The van der Waals surface area contributed by atoms with Gasteiger partial charge in [0.25, 0.3) is 0 Å². The minimum atomic E-state index is -0.0814. The van der Waals surface area contributed by atoms with Crippen molar-refractivity contribution in [2.45, 2.75) is 37.9 Å². The number of unbranched alkanes of at least 4 members (excludes halogenated alkanes) is 1. The Kier molecular flexibility index (Phi) is 6.94. The van der Waals surface area contributed by atoms with Crippen LogP contribution in [0.25, 0.3) is 0 Å². The number of benzene rings is 1. The SMILES string of the molecule is CCOC(=O)CCCCc1ccc(CBr)cc1. The zero-order valence-electron chi connectivity index (χ0n) is 10.2. The molecule has 1 aromatic rings. The minimum Gasteiger partial charge on any atom is -0.466 e. The fourth-order valence-electron chi connectivity index (χ4n) is 1.63. The second kappa shape index (κ2) is 8.29. The monoisotopic (exact) mass is 298 g/mol. The van der Waals surface area contributed by atoms with Crippen molar-refractivity contribution < 1.29 is 9.53 Å². The summed E-state index contributed by atoms with van der Waals surface area (Å²) in [7, 11) is 0. The van der Waals surface area contributed by atoms with Crippen LogP contribution in [0.3, 0.4) is 0 Å². The van der Waals surface area contributed by atoms with E-state index >= 15 is 0 Å². The maximum absolute atomic E-state index is 11.1. The molecule has 0 heterocycles. The average Bonchev–Trinajstić information content (AvgIpc) is 2.36. The van der Waals surface area contributed by atoms with Gasteiger partial charge in [0.15, 0.2) is 0 Å². The van der Waals surface area contributed by atoms with Crippen LogP contribution in [0.4, 0.5) is 0 Å². The van der Waals surface area contributed by atoms with E-state index in [1.807, 2.05) is 6.92 Å². The van der Waals surface area contributed by atoms with Gasteiger partial charge in [-0.15, -0.1) is 0 Å². The predicted octanol–water partition coefficient (Wildman–Crippen LogP) is 3.86. The van der Waals surface area contributed by atoms with Crippen molar-refractivity contribution in [2.24, 2.45) is 0 Å². The lowest BCUT2D eigenvalue weighted by molar-refractivity contribution is -0.143. The molecule has 1 aromatic carbocycles. The molecule has 0 bridgehead atoms. The largest absolute Gasteiger partial charge is 0.466 e. The van der Waals surface area contributed by atoms with Gasteiger partial charge < -0.3 is 4.74 Å². The molecule has 0 saturated heterocycles. The number of esters is 1. The van der Waals surface area contributed by atoms with E-state index in [1.165, 1.54) is 11.1 Å². The Morgan fingerprint density at radius 2 is 1.82 bits per heavy atom. The highest BCUT2D eigenvalue weighted by Crippen LogP contribution is 2.11. The van der Waals surface area contributed by atoms with Gasteiger partial charge in [-0.25, -0.2) is 0 Å². The van der Waals surface area contributed by atoms with Crippen LogP contribution in [0.15, 0.2) is 24.3 Å². The van der Waals surface area contributed by atoms with Crippen LogP contribution in [0.2, 0.25) is 0 Å². The average molecular weight is 299 g/mol. The zero-order valence-corrected chi connectivity index (χ0v) is 11.8. The third kappa shape index (κ3) is 5.87. The smallest absolute Gasteiger partial charge is 0.305 e. The summed E-state index contributed by atoms with van der Waals surface area (Å²) in [5.74, 6) is -0.0814. The first-order chi connectivity index (χ1) is 8.26. The number of ether oxygens (including phenoxy) is 1. The molecule has 0 aliphatic rings. The van der Waals surface area contributed by atoms with Crippen LogP contribution >= 0.6 is 15.9 Å². The van der Waals surface area contributed by atoms with Gasteiger partial charge in [-0.3, -0.25) is 4.79 Å². The van der Waals surface area contributed by atoms with Crippen LogP contribution in [0.1, 0.15) is 37.3 Å². The van der Waals surface area contributed by atoms with Crippen LogP contribution in [0, 0.1) is 0 Å². The van der Waals surface area contributed by atoms with Crippen molar-refractivity contribution in [3.05, 3.63) is 35.4 Å². The molecule has 0 aromatic heterocycles. The molecular weight excluding hydrogens is 280 g/mol. The van der Waals surface area contributed by atoms with Crippen molar-refractivity contribution in [1.29, 1.82) is 0 Å². The Balaban J connectivity index is 2.19. The number of hydrogen-bond donors (Lipinski definition) is 0. The van der Waals surface area contributed by atoms with Gasteiger partial charge in [-0.05, 0) is 37.3 Å². The molecule has 0 amide bonds. The lowest BCUT2D eigenvalue weighted by atomic mass is 10.1. The molecule has 94 valence electrons. The number of carbonyl (C=O) groups excluding carboxylic acids is 1. The fourth-order valence-corrected chi connectivity index (χ4v) is 2.00. The zero-order chi connectivity index (χ0) is 12.5. The highest BCUT2D eigenvalue weighted by Gasteiger charge is 2.01. The molecule has 1 rings (SSSR count). The van der Waals surface area contributed by atoms with E-state index in [9.17, 15) is 4.79 Å². The number of halogens is 1. The van der Waals surface area contributed by atoms with E-state index in [1.54, 1.807) is 0 Å². The number of carbonyl (C=O) groups is 1. The molecule has 0 fully saturated rings. The molecule has 17 heavy (non-hydrogen) atoms. The molecule has 0 atom stereocenters. The minimum absolute atomic E-state index is 0.0814. The van der Waals surface area contributed by atoms with Crippen molar-refractivity contribution >= 4 is 21.9 Å². The van der Waals surface area contributed by atoms with Crippen molar-refractivity contribution in [3.8, 4) is 0 Å². The van der Waals surface area contributed by atoms with Gasteiger partial charge in [0.05, 0.1) is 6.61 Å². The standard InChI is InChI=1S/C14H19BrO2/c1-2-17-14(16)6-4-3-5-12-7-9-13(11-15)10-8-12/h7-10H,2-6,11H2,1H3. The number of rotatable bonds is 7. The highest BCUT2D eigenvalue weighted by atomic mass is 79.9. The molecule has 3 heteroatoms. The molecule has 0 aliphatic heterocycles. The normalized spacial score (nSPS) is 10.2. The van der Waals surface area contributed by atoms with Gasteiger partial charge in [0.1, 0.15) is 0 Å². The van der Waals surface area contributed by atoms with E-state index in [4.69, 9.17) is 4.74 Å². The lowest BCUT2D eigenvalue weighted by Gasteiger charge is -2.03. The second-order valence-corrected chi connectivity index (χ2v) is 4.52. The maximum atomic E-state index is 11.1. The van der Waals surface area contributed by atoms with Crippen LogP contribution in [-0.2, 0) is 21.3 Å². The third-order valence-corrected chi connectivity index (χ3v) is 3.23. The first kappa shape index (κ1) is 14.2. The van der Waals surface area contributed by atoms with E-state index in [-0.39, 0.29) is 5.97 Å². The van der Waals surface area contributed by atoms with Gasteiger partial charge in [0, 0.05) is 11.8 Å². The Hall–Kier alpha value is -0.830. The van der Waals surface area contributed by atoms with E-state index in [0.29, 0.717) is 13.0 Å². The van der Waals surface area contributed by atoms with Crippen molar-refractivity contribution in [2.75, 3.05) is 6.61 Å². The van der Waals surface area contributed by atoms with Crippen LogP contribution in [0.5, 0.6) is 0 Å². The molecule has 0 spiro atoms. The Morgan fingerprint density at radius 1 is 1.18 bits per heavy atom. The summed E-state index contributed by atoms with van der Waals surface area (Å²) in [5.41, 5.74) is 2.62. The van der Waals surface area contributed by atoms with E-state index in [0.717, 1.165) is 24.6 Å². The molecule has 0 aliphatic carbocycles. The summed E-state index contributed by atoms with van der Waals surface area (Å²) in [6, 6.07) is 8.58. The first-order valence-corrected chi connectivity index (χ1v) is 7.17. The Morgan fingerprint density at radius 3 is 2.41 bits per heavy atom. The molecule has 0 unspecified atom stereocenters. The fraction of sp³-hybridized carbons (Fsp3) is 0.500. The molecule has 0 N–H and O–H groups in total. The van der Waals surface area contributed by atoms with Crippen molar-refractivity contribution in [3.63, 3.8) is 0 Å². The quantitative estimate of drug-likeness (QED) is 0.434. The summed E-state index contributed by atoms with van der Waals surface area (Å²) in [4.78, 5) is 11.1. The molecule has 2 nitrogen and oxygen atoms in total. The van der Waals surface area contributed by atoms with Crippen LogP contribution in [-0.4, -0.2) is 12.6 Å². The van der Waals surface area contributed by atoms with E-state index < -0.39 is 0 Å². The Labute approximate surface area is 111 Å². The van der Waals surface area contributed by atoms with Gasteiger partial charge in [0.2, 0.25) is 0 Å². The van der Waals surface area contributed by atoms with Gasteiger partial charge in [-0.2, -0.15) is 0 Å². The second-order valence-electron chi connectivity index (χ2n) is 3.96. The third-order valence-electron chi connectivity index (χ3n) is 2.58. The lowest BCUT2D eigenvalue weighted by Crippen LogP contribution is -2.03. The van der Waals surface area contributed by atoms with Crippen molar-refractivity contribution in [1.82, 2.24) is 0 Å². The molecular formula is C14H19BrO2. The Bertz CT molecular complexity index is 333. The molecule has 0 radical (unpaired) electrons. The highest BCUT2D eigenvalue weighted by molar-refractivity contribution is 9.08. The van der Waals surface area contributed by atoms with Gasteiger partial charge >= 0.3 is 5.97 Å². The summed E-state index contributed by atoms with van der Waals surface area (Å²) in [6.07, 6.45) is 3.50. The summed E-state index contributed by atoms with van der Waals surface area (Å²) in [6.45, 7) is 2.32. The molecule has 0 saturated carbocycles. The number of alkyl halides is 1. The number of aryl methyl sites for hydroxylation is 1. The van der Waals surface area contributed by atoms with Crippen LogP contribution < -0.4 is 0 Å². The first-order valence-electron chi connectivity index (χ1n) is 6.05. The van der Waals surface area contributed by atoms with Gasteiger partial charge in [-0.1, -0.05) is 40.2 Å². The summed E-state index contributed by atoms with van der Waals surface area (Å²) >= 11 is 3.43. The topological polar surface area (TPSA) is 26.3 Å². The van der Waals surface area contributed by atoms with E-state index in [2.05, 4.69) is 40.2 Å². The predicted molar refractivity (Wildman–Crippen MR) is 73.3 cm³/mol. The maximum Gasteiger partial charge on any atom is 0.305 e. The number of hydrogen-bond acceptors (Lipinski definition) is 2.